The molecule has 1 amide bonds. The second-order valence-corrected chi connectivity index (χ2v) is 28.5. The fourth-order valence-electron chi connectivity index (χ4n) is 13.2. The lowest BCUT2D eigenvalue weighted by atomic mass is 10.0. The van der Waals surface area contributed by atoms with E-state index in [9.17, 15) is 19.8 Å². The monoisotopic (exact) mass is 1250 g/mol. The van der Waals surface area contributed by atoms with Crippen LogP contribution in [0, 0.1) is 0 Å². The number of amides is 1. The number of esters is 1. The predicted octanol–water partition coefficient (Wildman–Crippen LogP) is 27.2. The SMILES string of the molecule is CCCCCC/C=C\CCCCCCCC(=O)OCCCCCCCCCCCCCCCCCCCCCCCCCCCCCCCCCCCCCCCCCC(=O)NC(CO)C(O)/C=C/CCCCCCCCCCCCCCCCCCCC. The first-order chi connectivity index (χ1) is 44.0. The molecule has 0 heterocycles. The zero-order valence-corrected chi connectivity index (χ0v) is 60.7. The van der Waals surface area contributed by atoms with Gasteiger partial charge in [0.2, 0.25) is 5.91 Å². The second-order valence-electron chi connectivity index (χ2n) is 28.5. The lowest BCUT2D eigenvalue weighted by molar-refractivity contribution is -0.143. The number of aliphatic hydroxyl groups is 2. The molecule has 0 aromatic heterocycles. The first-order valence-corrected chi connectivity index (χ1v) is 41.1. The normalized spacial score (nSPS) is 12.5. The number of rotatable bonds is 78. The van der Waals surface area contributed by atoms with Gasteiger partial charge in [-0.05, 0) is 57.8 Å². The molecule has 89 heavy (non-hydrogen) atoms. The molecule has 0 fully saturated rings. The minimum absolute atomic E-state index is 0.0154. The summed E-state index contributed by atoms with van der Waals surface area (Å²) < 4.78 is 5.49. The Labute approximate surface area is 558 Å². The van der Waals surface area contributed by atoms with Gasteiger partial charge in [0.1, 0.15) is 0 Å². The maximum atomic E-state index is 12.5. The Balaban J connectivity index is 3.31. The van der Waals surface area contributed by atoms with Gasteiger partial charge in [0, 0.05) is 12.8 Å². The fourth-order valence-corrected chi connectivity index (χ4v) is 13.2. The van der Waals surface area contributed by atoms with Crippen LogP contribution in [-0.4, -0.2) is 47.4 Å². The molecule has 0 saturated heterocycles. The van der Waals surface area contributed by atoms with Gasteiger partial charge >= 0.3 is 5.97 Å². The molecule has 2 atom stereocenters. The molecule has 6 nitrogen and oxygen atoms in total. The minimum Gasteiger partial charge on any atom is -0.466 e. The Kier molecular flexibility index (Phi) is 77.3. The first kappa shape index (κ1) is 87.3. The van der Waals surface area contributed by atoms with Gasteiger partial charge in [-0.15, -0.1) is 0 Å². The van der Waals surface area contributed by atoms with Crippen molar-refractivity contribution in [3.05, 3.63) is 24.3 Å². The van der Waals surface area contributed by atoms with Gasteiger partial charge in [-0.25, -0.2) is 0 Å². The van der Waals surface area contributed by atoms with Crippen LogP contribution >= 0.6 is 0 Å². The second kappa shape index (κ2) is 78.8. The van der Waals surface area contributed by atoms with Crippen molar-refractivity contribution in [2.75, 3.05) is 13.2 Å². The maximum Gasteiger partial charge on any atom is 0.305 e. The summed E-state index contributed by atoms with van der Waals surface area (Å²) in [6, 6.07) is -0.624. The lowest BCUT2D eigenvalue weighted by Crippen LogP contribution is -2.45. The third kappa shape index (κ3) is 75.3. The van der Waals surface area contributed by atoms with Gasteiger partial charge in [-0.2, -0.15) is 0 Å². The van der Waals surface area contributed by atoms with Crippen LogP contribution in [0.25, 0.3) is 0 Å². The summed E-state index contributed by atoms with van der Waals surface area (Å²) in [5, 5.41) is 23.3. The Bertz CT molecular complexity index is 1400. The Hall–Kier alpha value is -1.66. The van der Waals surface area contributed by atoms with Crippen LogP contribution in [0.2, 0.25) is 0 Å². The van der Waals surface area contributed by atoms with Crippen LogP contribution in [0.4, 0.5) is 0 Å². The molecule has 528 valence electrons. The number of hydrogen-bond donors (Lipinski definition) is 3. The van der Waals surface area contributed by atoms with Crippen molar-refractivity contribution in [1.82, 2.24) is 5.32 Å². The van der Waals surface area contributed by atoms with E-state index in [0.717, 1.165) is 44.9 Å². The number of ether oxygens (including phenoxy) is 1. The summed E-state index contributed by atoms with van der Waals surface area (Å²) >= 11 is 0. The Morgan fingerprint density at radius 2 is 0.528 bits per heavy atom. The van der Waals surface area contributed by atoms with E-state index in [1.807, 2.05) is 6.08 Å². The predicted molar refractivity (Wildman–Crippen MR) is 393 cm³/mol. The average Bonchev–Trinajstić information content (AvgIpc) is 3.55. The molecule has 0 aliphatic carbocycles. The van der Waals surface area contributed by atoms with Gasteiger partial charge in [0.25, 0.3) is 0 Å². The van der Waals surface area contributed by atoms with E-state index < -0.39 is 12.1 Å². The first-order valence-electron chi connectivity index (χ1n) is 41.1. The smallest absolute Gasteiger partial charge is 0.305 e. The summed E-state index contributed by atoms with van der Waals surface area (Å²) in [5.74, 6) is -0.0416. The standard InChI is InChI=1S/C83H161NO5/c1-3-5-7-9-11-13-15-17-18-19-20-42-45-48-52-55-59-63-67-71-75-81(86)80(79-85)84-82(87)76-72-68-64-60-56-53-49-46-43-40-38-36-34-32-30-28-26-24-22-21-23-25-27-29-31-33-35-37-39-41-44-47-50-54-58-62-66-70-74-78-89-83(88)77-73-69-65-61-57-51-16-14-12-10-8-6-4-2/h14,16,71,75,80-81,85-86H,3-13,15,17-70,72-74,76-79H2,1-2H3,(H,84,87)/b16-14-,75-71+. The molecule has 6 heteroatoms. The molecule has 0 radical (unpaired) electrons. The Morgan fingerprint density at radius 3 is 0.809 bits per heavy atom. The highest BCUT2D eigenvalue weighted by Crippen LogP contribution is 2.20. The number of carbonyl (C=O) groups is 2. The average molecular weight is 1250 g/mol. The molecule has 0 aliphatic heterocycles. The van der Waals surface area contributed by atoms with Crippen molar-refractivity contribution in [1.29, 1.82) is 0 Å². The highest BCUT2D eigenvalue weighted by Gasteiger charge is 2.18. The topological polar surface area (TPSA) is 95.9 Å². The van der Waals surface area contributed by atoms with Gasteiger partial charge < -0.3 is 20.3 Å². The van der Waals surface area contributed by atoms with Crippen molar-refractivity contribution in [2.45, 2.75) is 482 Å². The van der Waals surface area contributed by atoms with E-state index in [1.165, 1.54) is 398 Å². The van der Waals surface area contributed by atoms with Crippen LogP contribution in [0.5, 0.6) is 0 Å². The molecule has 0 aromatic rings. The van der Waals surface area contributed by atoms with Gasteiger partial charge in [0.15, 0.2) is 0 Å². The van der Waals surface area contributed by atoms with E-state index >= 15 is 0 Å². The molecule has 3 N–H and O–H groups in total. The summed E-state index contributed by atoms with van der Waals surface area (Å²) in [5.41, 5.74) is 0. The van der Waals surface area contributed by atoms with Gasteiger partial charge in [-0.3, -0.25) is 9.59 Å². The summed E-state index contributed by atoms with van der Waals surface area (Å²) in [6.07, 6.45) is 102. The van der Waals surface area contributed by atoms with E-state index in [2.05, 4.69) is 31.3 Å². The fraction of sp³-hybridized carbons (Fsp3) is 0.928. The molecule has 0 aliphatic rings. The quantitative estimate of drug-likeness (QED) is 0.0320. The van der Waals surface area contributed by atoms with Gasteiger partial charge in [0.05, 0.1) is 25.4 Å². The highest BCUT2D eigenvalue weighted by atomic mass is 16.5. The molecule has 0 bridgehead atoms. The van der Waals surface area contributed by atoms with Crippen LogP contribution < -0.4 is 5.32 Å². The van der Waals surface area contributed by atoms with E-state index in [0.29, 0.717) is 19.4 Å². The molecule has 0 saturated carbocycles. The number of aliphatic hydroxyl groups excluding tert-OH is 2. The third-order valence-electron chi connectivity index (χ3n) is 19.5. The third-order valence-corrected chi connectivity index (χ3v) is 19.5. The minimum atomic E-state index is -0.841. The van der Waals surface area contributed by atoms with E-state index in [1.54, 1.807) is 6.08 Å². The number of nitrogens with one attached hydrogen (secondary N) is 1. The highest BCUT2D eigenvalue weighted by molar-refractivity contribution is 5.76. The van der Waals surface area contributed by atoms with E-state index in [4.69, 9.17) is 4.74 Å². The summed E-state index contributed by atoms with van der Waals surface area (Å²) in [6.45, 7) is 4.94. The zero-order chi connectivity index (χ0) is 64.2. The molecule has 0 aromatic carbocycles. The van der Waals surface area contributed by atoms with Crippen LogP contribution in [0.15, 0.2) is 24.3 Å². The zero-order valence-electron chi connectivity index (χ0n) is 60.7. The van der Waals surface area contributed by atoms with Crippen LogP contribution in [-0.2, 0) is 14.3 Å². The van der Waals surface area contributed by atoms with Gasteiger partial charge in [-0.1, -0.05) is 423 Å². The van der Waals surface area contributed by atoms with Crippen molar-refractivity contribution < 1.29 is 24.5 Å². The molecule has 0 spiro atoms. The molecule has 2 unspecified atom stereocenters. The number of carbonyl (C=O) groups excluding carboxylic acids is 2. The molecular weight excluding hydrogens is 1090 g/mol. The summed E-state index contributed by atoms with van der Waals surface area (Å²) in [7, 11) is 0. The van der Waals surface area contributed by atoms with E-state index in [-0.39, 0.29) is 18.5 Å². The summed E-state index contributed by atoms with van der Waals surface area (Å²) in [4.78, 5) is 24.6. The number of unbranched alkanes of at least 4 members (excludes halogenated alkanes) is 65. The van der Waals surface area contributed by atoms with Crippen LogP contribution in [0.1, 0.15) is 470 Å². The maximum absolute atomic E-state index is 12.5. The van der Waals surface area contributed by atoms with Crippen LogP contribution in [0.3, 0.4) is 0 Å². The van der Waals surface area contributed by atoms with Crippen molar-refractivity contribution in [2.24, 2.45) is 0 Å². The largest absolute Gasteiger partial charge is 0.466 e. The lowest BCUT2D eigenvalue weighted by Gasteiger charge is -2.20. The van der Waals surface area contributed by atoms with Crippen molar-refractivity contribution >= 4 is 11.9 Å². The van der Waals surface area contributed by atoms with Crippen molar-refractivity contribution in [3.8, 4) is 0 Å². The number of hydrogen-bond acceptors (Lipinski definition) is 5. The number of allylic oxidation sites excluding steroid dienone is 3. The van der Waals surface area contributed by atoms with Crippen molar-refractivity contribution in [3.63, 3.8) is 0 Å². The molecule has 0 rings (SSSR count). The molecular formula is C83H161NO5. The Morgan fingerprint density at radius 1 is 0.303 bits per heavy atom.